The first kappa shape index (κ1) is 21.5. The summed E-state index contributed by atoms with van der Waals surface area (Å²) in [5.41, 5.74) is 5.21. The predicted octanol–water partition coefficient (Wildman–Crippen LogP) is 3.28. The van der Waals surface area contributed by atoms with Crippen LogP contribution in [-0.4, -0.2) is 40.5 Å². The number of rotatable bonds is 7. The molecule has 0 spiro atoms. The molecule has 0 fully saturated rings. The van der Waals surface area contributed by atoms with Crippen molar-refractivity contribution in [1.82, 2.24) is 10.3 Å². The molecule has 7 nitrogen and oxygen atoms in total. The highest BCUT2D eigenvalue weighted by Gasteiger charge is 2.29. The summed E-state index contributed by atoms with van der Waals surface area (Å²) in [5.74, 6) is -0.0250. The third-order valence-electron chi connectivity index (χ3n) is 5.64. The fraction of sp³-hybridized carbons (Fsp3) is 0.240. The molecular formula is C25H23N3O4. The Balaban J connectivity index is 1.27. The molecule has 0 saturated heterocycles. The van der Waals surface area contributed by atoms with Crippen LogP contribution in [0.3, 0.4) is 0 Å². The standard InChI is InChI=1S/C25H23N3O4/c26-13-16-9-10-22(28-14-16)24(30)23(29)11-12-27-25(31)32-15-21-19-7-3-1-5-17(19)18-6-2-4-8-20(18)21/h1-10,14,21,23-24,29-30H,11-12,15H2,(H,27,31). The lowest BCUT2D eigenvalue weighted by Crippen LogP contribution is -2.30. The Morgan fingerprint density at radius 1 is 1.06 bits per heavy atom. The summed E-state index contributed by atoms with van der Waals surface area (Å²) in [6, 6.07) is 21.2. The van der Waals surface area contributed by atoms with Gasteiger partial charge in [-0.25, -0.2) is 4.79 Å². The molecule has 0 saturated carbocycles. The second-order valence-corrected chi connectivity index (χ2v) is 7.64. The third-order valence-corrected chi connectivity index (χ3v) is 5.64. The Morgan fingerprint density at radius 2 is 1.72 bits per heavy atom. The van der Waals surface area contributed by atoms with Gasteiger partial charge >= 0.3 is 6.09 Å². The van der Waals surface area contributed by atoms with Crippen molar-refractivity contribution in [3.05, 3.63) is 89.2 Å². The van der Waals surface area contributed by atoms with Crippen molar-refractivity contribution in [2.75, 3.05) is 13.2 Å². The van der Waals surface area contributed by atoms with Gasteiger partial charge in [0.1, 0.15) is 18.8 Å². The molecule has 1 aromatic heterocycles. The van der Waals surface area contributed by atoms with Crippen LogP contribution in [0.15, 0.2) is 66.9 Å². The highest BCUT2D eigenvalue weighted by atomic mass is 16.5. The first-order chi connectivity index (χ1) is 15.6. The number of ether oxygens (including phenoxy) is 1. The van der Waals surface area contributed by atoms with Gasteiger partial charge in [0.05, 0.1) is 17.4 Å². The van der Waals surface area contributed by atoms with Gasteiger partial charge in [-0.15, -0.1) is 0 Å². The number of pyridine rings is 1. The molecule has 1 aliphatic carbocycles. The first-order valence-electron chi connectivity index (χ1n) is 10.4. The van der Waals surface area contributed by atoms with Crippen molar-refractivity contribution in [2.45, 2.75) is 24.5 Å². The van der Waals surface area contributed by atoms with E-state index in [0.29, 0.717) is 5.56 Å². The normalized spacial score (nSPS) is 14.0. The number of aliphatic hydroxyl groups excluding tert-OH is 2. The molecule has 2 aromatic carbocycles. The van der Waals surface area contributed by atoms with E-state index in [9.17, 15) is 15.0 Å². The van der Waals surface area contributed by atoms with Crippen LogP contribution < -0.4 is 5.32 Å². The highest BCUT2D eigenvalue weighted by Crippen LogP contribution is 2.44. The summed E-state index contributed by atoms with van der Waals surface area (Å²) >= 11 is 0. The van der Waals surface area contributed by atoms with Crippen LogP contribution in [0.2, 0.25) is 0 Å². The van der Waals surface area contributed by atoms with Gasteiger partial charge in [-0.3, -0.25) is 4.98 Å². The van der Waals surface area contributed by atoms with Gasteiger partial charge in [0.15, 0.2) is 0 Å². The van der Waals surface area contributed by atoms with Crippen LogP contribution in [0.25, 0.3) is 11.1 Å². The fourth-order valence-corrected chi connectivity index (χ4v) is 3.97. The number of carbonyl (C=O) groups is 1. The number of benzene rings is 2. The smallest absolute Gasteiger partial charge is 0.407 e. The molecule has 0 radical (unpaired) electrons. The van der Waals surface area contributed by atoms with Crippen LogP contribution in [0.5, 0.6) is 0 Å². The number of nitrogens with zero attached hydrogens (tertiary/aromatic N) is 2. The summed E-state index contributed by atoms with van der Waals surface area (Å²) in [7, 11) is 0. The van der Waals surface area contributed by atoms with Crippen molar-refractivity contribution >= 4 is 6.09 Å². The number of fused-ring (bicyclic) bond motifs is 3. The topological polar surface area (TPSA) is 115 Å². The Bertz CT molecular complexity index is 1090. The van der Waals surface area contributed by atoms with Gasteiger partial charge in [-0.2, -0.15) is 5.26 Å². The maximum atomic E-state index is 12.2. The molecule has 1 aliphatic rings. The van der Waals surface area contributed by atoms with E-state index in [-0.39, 0.29) is 31.2 Å². The van der Waals surface area contributed by atoms with Gasteiger partial charge in [0, 0.05) is 18.7 Å². The molecule has 162 valence electrons. The van der Waals surface area contributed by atoms with Gasteiger partial charge in [-0.1, -0.05) is 48.5 Å². The minimum absolute atomic E-state index is 0.0250. The highest BCUT2D eigenvalue weighted by molar-refractivity contribution is 5.79. The average molecular weight is 429 g/mol. The lowest BCUT2D eigenvalue weighted by molar-refractivity contribution is 0.0112. The van der Waals surface area contributed by atoms with Gasteiger partial charge in [-0.05, 0) is 40.8 Å². The maximum Gasteiger partial charge on any atom is 0.407 e. The zero-order valence-electron chi connectivity index (χ0n) is 17.3. The fourth-order valence-electron chi connectivity index (χ4n) is 3.97. The average Bonchev–Trinajstić information content (AvgIpc) is 3.16. The second-order valence-electron chi connectivity index (χ2n) is 7.64. The predicted molar refractivity (Wildman–Crippen MR) is 118 cm³/mol. The van der Waals surface area contributed by atoms with E-state index < -0.39 is 18.3 Å². The maximum absolute atomic E-state index is 12.2. The van der Waals surface area contributed by atoms with Crippen LogP contribution in [-0.2, 0) is 4.74 Å². The second kappa shape index (κ2) is 9.60. The summed E-state index contributed by atoms with van der Waals surface area (Å²) in [6.07, 6.45) is -1.46. The van der Waals surface area contributed by atoms with Crippen molar-refractivity contribution < 1.29 is 19.7 Å². The number of aromatic nitrogens is 1. The molecule has 0 aliphatic heterocycles. The number of hydrogen-bond donors (Lipinski definition) is 3. The SMILES string of the molecule is N#Cc1ccc(C(O)C(O)CCNC(=O)OCC2c3ccccc3-c3ccccc32)nc1. The Kier molecular flexibility index (Phi) is 6.45. The largest absolute Gasteiger partial charge is 0.449 e. The Labute approximate surface area is 185 Å². The van der Waals surface area contributed by atoms with E-state index in [1.165, 1.54) is 18.3 Å². The molecule has 0 bridgehead atoms. The van der Waals surface area contributed by atoms with Crippen LogP contribution >= 0.6 is 0 Å². The molecule has 1 amide bonds. The van der Waals surface area contributed by atoms with Crippen molar-refractivity contribution in [2.24, 2.45) is 0 Å². The summed E-state index contributed by atoms with van der Waals surface area (Å²) in [5, 5.41) is 31.8. The molecule has 32 heavy (non-hydrogen) atoms. The molecule has 3 N–H and O–H groups in total. The van der Waals surface area contributed by atoms with Gasteiger partial charge in [0.25, 0.3) is 0 Å². The van der Waals surface area contributed by atoms with Crippen molar-refractivity contribution in [3.8, 4) is 17.2 Å². The minimum Gasteiger partial charge on any atom is -0.449 e. The van der Waals surface area contributed by atoms with Crippen molar-refractivity contribution in [1.29, 1.82) is 5.26 Å². The molecule has 2 unspecified atom stereocenters. The zero-order chi connectivity index (χ0) is 22.5. The lowest BCUT2D eigenvalue weighted by atomic mass is 9.98. The number of amides is 1. The van der Waals surface area contributed by atoms with Gasteiger partial charge in [0.2, 0.25) is 0 Å². The van der Waals surface area contributed by atoms with E-state index in [2.05, 4.69) is 34.6 Å². The summed E-state index contributed by atoms with van der Waals surface area (Å²) in [4.78, 5) is 16.2. The Hall–Kier alpha value is -3.73. The number of nitrogens with one attached hydrogen (secondary N) is 1. The van der Waals surface area contributed by atoms with E-state index >= 15 is 0 Å². The van der Waals surface area contributed by atoms with E-state index in [1.807, 2.05) is 30.3 Å². The number of nitriles is 1. The van der Waals surface area contributed by atoms with E-state index in [1.54, 1.807) is 0 Å². The Morgan fingerprint density at radius 3 is 2.31 bits per heavy atom. The molecular weight excluding hydrogens is 406 g/mol. The van der Waals surface area contributed by atoms with Gasteiger partial charge < -0.3 is 20.3 Å². The number of carbonyl (C=O) groups excluding carboxylic acids is 1. The van der Waals surface area contributed by atoms with E-state index in [4.69, 9.17) is 10.00 Å². The number of hydrogen-bond acceptors (Lipinski definition) is 6. The molecule has 1 heterocycles. The van der Waals surface area contributed by atoms with E-state index in [0.717, 1.165) is 22.3 Å². The quantitative estimate of drug-likeness (QED) is 0.531. The van der Waals surface area contributed by atoms with Crippen LogP contribution in [0.1, 0.15) is 40.8 Å². The number of alkyl carbamates (subject to hydrolysis) is 1. The molecule has 7 heteroatoms. The van der Waals surface area contributed by atoms with Crippen LogP contribution in [0, 0.1) is 11.3 Å². The monoisotopic (exact) mass is 429 g/mol. The summed E-state index contributed by atoms with van der Waals surface area (Å²) in [6.45, 7) is 0.339. The lowest BCUT2D eigenvalue weighted by Gasteiger charge is -2.18. The molecule has 2 atom stereocenters. The first-order valence-corrected chi connectivity index (χ1v) is 10.4. The number of aliphatic hydroxyl groups is 2. The summed E-state index contributed by atoms with van der Waals surface area (Å²) < 4.78 is 5.45. The zero-order valence-corrected chi connectivity index (χ0v) is 17.3. The van der Waals surface area contributed by atoms with Crippen LogP contribution in [0.4, 0.5) is 4.79 Å². The molecule has 3 aromatic rings. The molecule has 4 rings (SSSR count). The minimum atomic E-state index is -1.22. The third kappa shape index (κ3) is 4.47. The van der Waals surface area contributed by atoms with Crippen molar-refractivity contribution in [3.63, 3.8) is 0 Å².